The molecular weight excluding hydrogens is 320 g/mol. The Labute approximate surface area is 144 Å². The van der Waals surface area contributed by atoms with E-state index in [-0.39, 0.29) is 12.3 Å². The van der Waals surface area contributed by atoms with Gasteiger partial charge in [-0.3, -0.25) is 14.8 Å². The Hall–Kier alpha value is -3.19. The van der Waals surface area contributed by atoms with Gasteiger partial charge in [-0.15, -0.1) is 0 Å². The summed E-state index contributed by atoms with van der Waals surface area (Å²) in [4.78, 5) is 10.8. The van der Waals surface area contributed by atoms with Gasteiger partial charge in [-0.05, 0) is 17.7 Å². The zero-order valence-electron chi connectivity index (χ0n) is 13.7. The van der Waals surface area contributed by atoms with E-state index >= 15 is 0 Å². The summed E-state index contributed by atoms with van der Waals surface area (Å²) >= 11 is 0. The highest BCUT2D eigenvalue weighted by molar-refractivity contribution is 5.66. The molecule has 128 valence electrons. The monoisotopic (exact) mass is 338 g/mol. The van der Waals surface area contributed by atoms with Crippen LogP contribution < -0.4 is 5.32 Å². The van der Waals surface area contributed by atoms with Gasteiger partial charge in [0.15, 0.2) is 0 Å². The van der Waals surface area contributed by atoms with Crippen LogP contribution in [0.5, 0.6) is 0 Å². The van der Waals surface area contributed by atoms with E-state index in [9.17, 15) is 15.2 Å². The second kappa shape index (κ2) is 7.14. The van der Waals surface area contributed by atoms with Crippen molar-refractivity contribution in [1.29, 1.82) is 0 Å². The maximum atomic E-state index is 11.2. The summed E-state index contributed by atoms with van der Waals surface area (Å²) in [6.45, 7) is 0.211. The Bertz CT molecular complexity index is 891. The van der Waals surface area contributed by atoms with Gasteiger partial charge in [0, 0.05) is 37.0 Å². The number of aliphatic hydroxyl groups excluding tert-OH is 1. The molecule has 0 aliphatic heterocycles. The summed E-state index contributed by atoms with van der Waals surface area (Å²) in [7, 11) is 1.84. The molecule has 2 aromatic carbocycles. The summed E-state index contributed by atoms with van der Waals surface area (Å²) in [5, 5.41) is 28.1. The highest BCUT2D eigenvalue weighted by Gasteiger charge is 2.16. The molecule has 0 fully saturated rings. The maximum absolute atomic E-state index is 11.2. The molecule has 0 saturated heterocycles. The smallest absolute Gasteiger partial charge is 0.292 e. The van der Waals surface area contributed by atoms with E-state index in [0.717, 1.165) is 16.8 Å². The first-order valence-corrected chi connectivity index (χ1v) is 7.78. The van der Waals surface area contributed by atoms with E-state index in [1.54, 1.807) is 16.8 Å². The molecule has 3 rings (SSSR count). The number of hydrogen-bond donors (Lipinski definition) is 2. The van der Waals surface area contributed by atoms with Crippen LogP contribution in [0, 0.1) is 10.1 Å². The highest BCUT2D eigenvalue weighted by atomic mass is 16.6. The van der Waals surface area contributed by atoms with Gasteiger partial charge in [0.1, 0.15) is 5.69 Å². The Kier molecular flexibility index (Phi) is 4.76. The molecule has 0 unspecified atom stereocenters. The third-order valence-corrected chi connectivity index (χ3v) is 3.86. The first-order valence-electron chi connectivity index (χ1n) is 7.78. The van der Waals surface area contributed by atoms with Crippen molar-refractivity contribution in [1.82, 2.24) is 9.78 Å². The molecule has 3 aromatic rings. The van der Waals surface area contributed by atoms with Crippen molar-refractivity contribution in [3.05, 3.63) is 76.0 Å². The minimum Gasteiger partial charge on any atom is -0.392 e. The SMILES string of the molecule is Cn1cc(CNc2cc(CO)ccc2[N+](=O)[O-])c(-c2ccccc2)n1. The molecular formula is C18H18N4O3. The number of nitrogens with zero attached hydrogens (tertiary/aromatic N) is 3. The number of anilines is 1. The molecule has 0 saturated carbocycles. The van der Waals surface area contributed by atoms with Crippen LogP contribution in [0.3, 0.4) is 0 Å². The van der Waals surface area contributed by atoms with E-state index in [4.69, 9.17) is 0 Å². The number of aryl methyl sites for hydroxylation is 1. The van der Waals surface area contributed by atoms with Crippen LogP contribution in [0.1, 0.15) is 11.1 Å². The molecule has 2 N–H and O–H groups in total. The number of nitrogens with one attached hydrogen (secondary N) is 1. The first kappa shape index (κ1) is 16.7. The van der Waals surface area contributed by atoms with Crippen molar-refractivity contribution in [2.45, 2.75) is 13.2 Å². The van der Waals surface area contributed by atoms with Crippen LogP contribution in [0.25, 0.3) is 11.3 Å². The Balaban J connectivity index is 1.89. The largest absolute Gasteiger partial charge is 0.392 e. The van der Waals surface area contributed by atoms with Crippen LogP contribution in [0.15, 0.2) is 54.7 Å². The Morgan fingerprint density at radius 3 is 2.68 bits per heavy atom. The van der Waals surface area contributed by atoms with Crippen molar-refractivity contribution in [2.24, 2.45) is 7.05 Å². The fraction of sp³-hybridized carbons (Fsp3) is 0.167. The summed E-state index contributed by atoms with van der Waals surface area (Å²) in [6.07, 6.45) is 1.89. The van der Waals surface area contributed by atoms with Crippen LogP contribution in [-0.4, -0.2) is 19.8 Å². The molecule has 7 heteroatoms. The number of aliphatic hydroxyl groups is 1. The van der Waals surface area contributed by atoms with Crippen molar-refractivity contribution in [3.63, 3.8) is 0 Å². The topological polar surface area (TPSA) is 93.2 Å². The van der Waals surface area contributed by atoms with E-state index in [0.29, 0.717) is 17.8 Å². The number of aromatic nitrogens is 2. The van der Waals surface area contributed by atoms with Crippen LogP contribution in [-0.2, 0) is 20.2 Å². The van der Waals surface area contributed by atoms with Gasteiger partial charge in [-0.1, -0.05) is 30.3 Å². The molecule has 1 heterocycles. The van der Waals surface area contributed by atoms with E-state index in [2.05, 4.69) is 10.4 Å². The molecule has 0 atom stereocenters. The van der Waals surface area contributed by atoms with Gasteiger partial charge in [-0.2, -0.15) is 5.10 Å². The van der Waals surface area contributed by atoms with Gasteiger partial charge in [-0.25, -0.2) is 0 Å². The fourth-order valence-electron chi connectivity index (χ4n) is 2.68. The quantitative estimate of drug-likeness (QED) is 0.532. The molecule has 25 heavy (non-hydrogen) atoms. The number of nitro groups is 1. The fourth-order valence-corrected chi connectivity index (χ4v) is 2.68. The van der Waals surface area contributed by atoms with Crippen LogP contribution >= 0.6 is 0 Å². The van der Waals surface area contributed by atoms with Crippen molar-refractivity contribution >= 4 is 11.4 Å². The number of rotatable bonds is 6. The number of benzene rings is 2. The lowest BCUT2D eigenvalue weighted by Gasteiger charge is -2.09. The van der Waals surface area contributed by atoms with E-state index < -0.39 is 4.92 Å². The maximum Gasteiger partial charge on any atom is 0.292 e. The van der Waals surface area contributed by atoms with E-state index in [1.165, 1.54) is 6.07 Å². The summed E-state index contributed by atoms with van der Waals surface area (Å²) < 4.78 is 1.72. The lowest BCUT2D eigenvalue weighted by molar-refractivity contribution is -0.384. The molecule has 0 radical (unpaired) electrons. The lowest BCUT2D eigenvalue weighted by atomic mass is 10.1. The third-order valence-electron chi connectivity index (χ3n) is 3.86. The molecule has 0 bridgehead atoms. The second-order valence-corrected chi connectivity index (χ2v) is 5.66. The summed E-state index contributed by atoms with van der Waals surface area (Å²) in [5.74, 6) is 0. The standard InChI is InChI=1S/C18H18N4O3/c1-21-11-15(18(20-21)14-5-3-2-4-6-14)10-19-16-9-13(12-23)7-8-17(16)22(24)25/h2-9,11,19,23H,10,12H2,1H3. The van der Waals surface area contributed by atoms with Crippen molar-refractivity contribution < 1.29 is 10.0 Å². The lowest BCUT2D eigenvalue weighted by Crippen LogP contribution is -2.04. The number of hydrogen-bond acceptors (Lipinski definition) is 5. The normalized spacial score (nSPS) is 10.6. The van der Waals surface area contributed by atoms with Gasteiger partial charge >= 0.3 is 0 Å². The molecule has 7 nitrogen and oxygen atoms in total. The molecule has 0 aliphatic carbocycles. The minimum atomic E-state index is -0.440. The second-order valence-electron chi connectivity index (χ2n) is 5.66. The van der Waals surface area contributed by atoms with Gasteiger partial charge < -0.3 is 10.4 Å². The Morgan fingerprint density at radius 2 is 2.00 bits per heavy atom. The third kappa shape index (κ3) is 3.67. The molecule has 0 amide bonds. The van der Waals surface area contributed by atoms with Crippen molar-refractivity contribution in [2.75, 3.05) is 5.32 Å². The van der Waals surface area contributed by atoms with Crippen molar-refractivity contribution in [3.8, 4) is 11.3 Å². The first-order chi connectivity index (χ1) is 12.1. The van der Waals surface area contributed by atoms with E-state index in [1.807, 2.05) is 43.6 Å². The summed E-state index contributed by atoms with van der Waals surface area (Å²) in [6, 6.07) is 14.3. The van der Waals surface area contributed by atoms with Crippen LogP contribution in [0.2, 0.25) is 0 Å². The predicted molar refractivity (Wildman–Crippen MR) is 95.0 cm³/mol. The summed E-state index contributed by atoms with van der Waals surface area (Å²) in [5.41, 5.74) is 3.71. The van der Waals surface area contributed by atoms with Crippen LogP contribution in [0.4, 0.5) is 11.4 Å². The van der Waals surface area contributed by atoms with Gasteiger partial charge in [0.2, 0.25) is 0 Å². The average Bonchev–Trinajstić information content (AvgIpc) is 3.01. The zero-order valence-corrected chi connectivity index (χ0v) is 13.7. The highest BCUT2D eigenvalue weighted by Crippen LogP contribution is 2.28. The average molecular weight is 338 g/mol. The molecule has 0 aliphatic rings. The molecule has 1 aromatic heterocycles. The van der Waals surface area contributed by atoms with Gasteiger partial charge in [0.05, 0.1) is 17.2 Å². The molecule has 0 spiro atoms. The van der Waals surface area contributed by atoms with Gasteiger partial charge in [0.25, 0.3) is 5.69 Å². The minimum absolute atomic E-state index is 0.0256. The predicted octanol–water partition coefficient (Wildman–Crippen LogP) is 3.10. The number of nitro benzene ring substituents is 1. The Morgan fingerprint density at radius 1 is 1.24 bits per heavy atom. The zero-order chi connectivity index (χ0) is 17.8.